The number of aromatic hydroxyl groups is 1. The van der Waals surface area contributed by atoms with Gasteiger partial charge in [0, 0.05) is 20.0 Å². The lowest BCUT2D eigenvalue weighted by Crippen LogP contribution is -2.25. The summed E-state index contributed by atoms with van der Waals surface area (Å²) in [6.07, 6.45) is 8.98. The van der Waals surface area contributed by atoms with Gasteiger partial charge in [-0.05, 0) is 43.4 Å². The highest BCUT2D eigenvalue weighted by molar-refractivity contribution is 5.75. The Morgan fingerprint density at radius 1 is 1.32 bits per heavy atom. The first-order valence-electron chi connectivity index (χ1n) is 7.83. The van der Waals surface area contributed by atoms with Gasteiger partial charge < -0.3 is 14.7 Å². The van der Waals surface area contributed by atoms with Crippen LogP contribution in [0, 0.1) is 0 Å². The van der Waals surface area contributed by atoms with Crippen molar-refractivity contribution in [1.29, 1.82) is 0 Å². The number of allylic oxidation sites excluding steroid dienone is 2. The largest absolute Gasteiger partial charge is 0.504 e. The highest BCUT2D eigenvalue weighted by atomic mass is 16.5. The molecule has 0 bridgehead atoms. The van der Waals surface area contributed by atoms with E-state index in [4.69, 9.17) is 4.74 Å². The molecule has 0 heterocycles. The Kier molecular flexibility index (Phi) is 8.11. The van der Waals surface area contributed by atoms with E-state index in [2.05, 4.69) is 19.1 Å². The van der Waals surface area contributed by atoms with E-state index in [-0.39, 0.29) is 11.7 Å². The van der Waals surface area contributed by atoms with Crippen LogP contribution in [-0.2, 0) is 11.3 Å². The lowest BCUT2D eigenvalue weighted by Gasteiger charge is -2.18. The van der Waals surface area contributed by atoms with Gasteiger partial charge in [-0.3, -0.25) is 4.79 Å². The predicted molar refractivity (Wildman–Crippen MR) is 89.0 cm³/mol. The smallest absolute Gasteiger partial charge is 0.222 e. The maximum atomic E-state index is 12.1. The van der Waals surface area contributed by atoms with Crippen LogP contribution < -0.4 is 4.74 Å². The van der Waals surface area contributed by atoms with Gasteiger partial charge in [-0.25, -0.2) is 0 Å². The first-order chi connectivity index (χ1) is 10.6. The molecular weight excluding hydrogens is 278 g/mol. The molecule has 0 atom stereocenters. The van der Waals surface area contributed by atoms with Crippen LogP contribution in [0.25, 0.3) is 0 Å². The molecule has 0 aromatic heterocycles. The number of carbonyl (C=O) groups is 1. The molecule has 0 radical (unpaired) electrons. The Morgan fingerprint density at radius 2 is 2.09 bits per heavy atom. The molecule has 0 unspecified atom stereocenters. The summed E-state index contributed by atoms with van der Waals surface area (Å²) in [7, 11) is 3.32. The Balaban J connectivity index is 2.39. The Morgan fingerprint density at radius 3 is 2.77 bits per heavy atom. The molecule has 0 aliphatic rings. The molecule has 122 valence electrons. The van der Waals surface area contributed by atoms with Gasteiger partial charge in [0.05, 0.1) is 7.11 Å². The molecule has 0 fully saturated rings. The molecule has 1 N–H and O–H groups in total. The number of rotatable bonds is 9. The molecule has 1 aromatic rings. The average Bonchev–Trinajstić information content (AvgIpc) is 2.52. The highest BCUT2D eigenvalue weighted by Crippen LogP contribution is 2.26. The number of nitrogens with zero attached hydrogens (tertiary/aromatic N) is 1. The minimum atomic E-state index is 0.111. The number of hydrogen-bond acceptors (Lipinski definition) is 3. The van der Waals surface area contributed by atoms with Gasteiger partial charge in [-0.15, -0.1) is 0 Å². The van der Waals surface area contributed by atoms with Crippen molar-refractivity contribution in [3.05, 3.63) is 35.9 Å². The molecule has 4 heteroatoms. The van der Waals surface area contributed by atoms with Gasteiger partial charge in [0.2, 0.25) is 5.91 Å². The summed E-state index contributed by atoms with van der Waals surface area (Å²) >= 11 is 0. The molecule has 0 saturated carbocycles. The lowest BCUT2D eigenvalue weighted by atomic mass is 10.1. The lowest BCUT2D eigenvalue weighted by molar-refractivity contribution is -0.130. The summed E-state index contributed by atoms with van der Waals surface area (Å²) in [6, 6.07) is 5.15. The van der Waals surface area contributed by atoms with E-state index < -0.39 is 0 Å². The average molecular weight is 305 g/mol. The zero-order valence-corrected chi connectivity index (χ0v) is 13.8. The number of ether oxygens (including phenoxy) is 1. The Bertz CT molecular complexity index is 497. The number of methoxy groups -OCH3 is 1. The zero-order valence-electron chi connectivity index (χ0n) is 13.8. The highest BCUT2D eigenvalue weighted by Gasteiger charge is 2.10. The molecule has 1 rings (SSSR count). The monoisotopic (exact) mass is 305 g/mol. The number of carbonyl (C=O) groups excluding carboxylic acids is 1. The van der Waals surface area contributed by atoms with E-state index in [0.717, 1.165) is 31.2 Å². The molecule has 4 nitrogen and oxygen atoms in total. The number of benzene rings is 1. The van der Waals surface area contributed by atoms with Crippen molar-refractivity contribution in [2.24, 2.45) is 0 Å². The van der Waals surface area contributed by atoms with Crippen molar-refractivity contribution in [3.63, 3.8) is 0 Å². The van der Waals surface area contributed by atoms with Crippen molar-refractivity contribution in [1.82, 2.24) is 4.90 Å². The van der Waals surface area contributed by atoms with Gasteiger partial charge >= 0.3 is 0 Å². The summed E-state index contributed by atoms with van der Waals surface area (Å²) in [5, 5.41) is 9.57. The standard InChI is InChI=1S/C18H27NO3/c1-4-5-6-7-8-9-10-18(21)19(2)14-15-11-12-16(20)17(13-15)22-3/h5-6,11-13,20H,4,7-10,14H2,1-3H3/b6-5+. The third-order valence-electron chi connectivity index (χ3n) is 3.50. The summed E-state index contributed by atoms with van der Waals surface area (Å²) in [6.45, 7) is 2.64. The summed E-state index contributed by atoms with van der Waals surface area (Å²) < 4.78 is 5.08. The fourth-order valence-corrected chi connectivity index (χ4v) is 2.20. The number of phenols is 1. The first kappa shape index (κ1) is 18.1. The van der Waals surface area contributed by atoms with Crippen LogP contribution in [0.5, 0.6) is 11.5 Å². The van der Waals surface area contributed by atoms with Gasteiger partial charge in [0.25, 0.3) is 0 Å². The van der Waals surface area contributed by atoms with E-state index in [9.17, 15) is 9.90 Å². The molecule has 1 aromatic carbocycles. The van der Waals surface area contributed by atoms with Crippen LogP contribution in [-0.4, -0.2) is 30.1 Å². The number of hydrogen-bond donors (Lipinski definition) is 1. The molecule has 0 spiro atoms. The predicted octanol–water partition coefficient (Wildman–Crippen LogP) is 3.89. The van der Waals surface area contributed by atoms with E-state index in [1.165, 1.54) is 7.11 Å². The van der Waals surface area contributed by atoms with E-state index in [1.54, 1.807) is 30.1 Å². The van der Waals surface area contributed by atoms with Crippen LogP contribution in [0.15, 0.2) is 30.4 Å². The van der Waals surface area contributed by atoms with Crippen molar-refractivity contribution >= 4 is 5.91 Å². The first-order valence-corrected chi connectivity index (χ1v) is 7.83. The van der Waals surface area contributed by atoms with Crippen LogP contribution in [0.4, 0.5) is 0 Å². The second-order valence-electron chi connectivity index (χ2n) is 5.38. The Hall–Kier alpha value is -1.97. The minimum absolute atomic E-state index is 0.111. The quantitative estimate of drug-likeness (QED) is 0.556. The minimum Gasteiger partial charge on any atom is -0.504 e. The second kappa shape index (κ2) is 9.87. The Labute approximate surface area is 133 Å². The van der Waals surface area contributed by atoms with Gasteiger partial charge in [-0.1, -0.05) is 25.1 Å². The number of amides is 1. The SMILES string of the molecule is CC/C=C/CCCCC(=O)N(C)Cc1ccc(O)c(OC)c1. The number of phenolic OH excluding ortho intramolecular Hbond substituents is 1. The van der Waals surface area contributed by atoms with E-state index >= 15 is 0 Å². The van der Waals surface area contributed by atoms with Crippen molar-refractivity contribution in [3.8, 4) is 11.5 Å². The van der Waals surface area contributed by atoms with E-state index in [0.29, 0.717) is 18.7 Å². The van der Waals surface area contributed by atoms with Crippen LogP contribution in [0.3, 0.4) is 0 Å². The second-order valence-corrected chi connectivity index (χ2v) is 5.38. The summed E-state index contributed by atoms with van der Waals surface area (Å²) in [5.41, 5.74) is 0.941. The molecular formula is C18H27NO3. The van der Waals surface area contributed by atoms with Gasteiger partial charge in [0.1, 0.15) is 0 Å². The van der Waals surface area contributed by atoms with E-state index in [1.807, 2.05) is 0 Å². The molecule has 0 aliphatic carbocycles. The maximum absolute atomic E-state index is 12.1. The maximum Gasteiger partial charge on any atom is 0.222 e. The molecule has 22 heavy (non-hydrogen) atoms. The zero-order chi connectivity index (χ0) is 16.4. The fraction of sp³-hybridized carbons (Fsp3) is 0.500. The van der Waals surface area contributed by atoms with Crippen LogP contribution in [0.1, 0.15) is 44.6 Å². The summed E-state index contributed by atoms with van der Waals surface area (Å²) in [5.74, 6) is 0.688. The fourth-order valence-electron chi connectivity index (χ4n) is 2.20. The van der Waals surface area contributed by atoms with Crippen LogP contribution in [0.2, 0.25) is 0 Å². The summed E-state index contributed by atoms with van der Waals surface area (Å²) in [4.78, 5) is 13.8. The number of unbranched alkanes of at least 4 members (excludes halogenated alkanes) is 2. The van der Waals surface area contributed by atoms with Gasteiger partial charge in [0.15, 0.2) is 11.5 Å². The van der Waals surface area contributed by atoms with Crippen molar-refractivity contribution in [2.75, 3.05) is 14.2 Å². The molecule has 1 amide bonds. The third-order valence-corrected chi connectivity index (χ3v) is 3.50. The third kappa shape index (κ3) is 6.20. The molecule has 0 aliphatic heterocycles. The normalized spacial score (nSPS) is 10.9. The van der Waals surface area contributed by atoms with Crippen LogP contribution >= 0.6 is 0 Å². The van der Waals surface area contributed by atoms with Gasteiger partial charge in [-0.2, -0.15) is 0 Å². The molecule has 0 saturated heterocycles. The topological polar surface area (TPSA) is 49.8 Å². The van der Waals surface area contributed by atoms with Crippen molar-refractivity contribution in [2.45, 2.75) is 45.6 Å². The van der Waals surface area contributed by atoms with Crippen molar-refractivity contribution < 1.29 is 14.6 Å².